The van der Waals surface area contributed by atoms with Crippen molar-refractivity contribution >= 4 is 27.8 Å². The molecule has 4 nitrogen and oxygen atoms in total. The van der Waals surface area contributed by atoms with E-state index in [9.17, 15) is 4.79 Å². The van der Waals surface area contributed by atoms with E-state index < -0.39 is 0 Å². The molecule has 0 aliphatic carbocycles. The molecule has 1 aromatic heterocycles. The Morgan fingerprint density at radius 1 is 1.64 bits per heavy atom. The fourth-order valence-electron chi connectivity index (χ4n) is 1.32. The number of cyclic esters (lactones) is 1. The van der Waals surface area contributed by atoms with E-state index in [-0.39, 0.29) is 12.2 Å². The lowest BCUT2D eigenvalue weighted by Crippen LogP contribution is -2.24. The quantitative estimate of drug-likeness (QED) is 0.774. The summed E-state index contributed by atoms with van der Waals surface area (Å²) in [6, 6.07) is 3.63. The van der Waals surface area contributed by atoms with Crippen LogP contribution >= 0.6 is 15.9 Å². The van der Waals surface area contributed by atoms with Crippen molar-refractivity contribution in [1.82, 2.24) is 4.98 Å². The van der Waals surface area contributed by atoms with Gasteiger partial charge in [0.25, 0.3) is 0 Å². The number of ether oxygens (including phenoxy) is 1. The molecule has 0 radical (unpaired) electrons. The van der Waals surface area contributed by atoms with Gasteiger partial charge < -0.3 is 4.74 Å². The summed E-state index contributed by atoms with van der Waals surface area (Å²) < 4.78 is 5.88. The summed E-state index contributed by atoms with van der Waals surface area (Å²) in [6.07, 6.45) is 1.27. The smallest absolute Gasteiger partial charge is 0.415 e. The molecule has 0 saturated carbocycles. The summed E-state index contributed by atoms with van der Waals surface area (Å²) in [5.74, 6) is 0.627. The van der Waals surface area contributed by atoms with Gasteiger partial charge in [-0.05, 0) is 35.0 Å². The minimum atomic E-state index is -0.327. The molecule has 0 aromatic carbocycles. The van der Waals surface area contributed by atoms with E-state index in [4.69, 9.17) is 4.74 Å². The second-order valence-electron chi connectivity index (χ2n) is 3.14. The number of nitrogens with zero attached hydrogens (tertiary/aromatic N) is 2. The highest BCUT2D eigenvalue weighted by Crippen LogP contribution is 2.20. The maximum absolute atomic E-state index is 11.3. The molecule has 2 heterocycles. The van der Waals surface area contributed by atoms with Gasteiger partial charge in [-0.2, -0.15) is 0 Å². The molecule has 1 aliphatic heterocycles. The van der Waals surface area contributed by atoms with Gasteiger partial charge in [0.05, 0.1) is 6.54 Å². The van der Waals surface area contributed by atoms with Crippen molar-refractivity contribution in [3.63, 3.8) is 0 Å². The van der Waals surface area contributed by atoms with E-state index in [0.29, 0.717) is 12.4 Å². The number of aromatic nitrogens is 1. The molecular formula is C9H9BrN2O2. The van der Waals surface area contributed by atoms with Crippen LogP contribution in [0.4, 0.5) is 10.6 Å². The number of rotatable bonds is 1. The topological polar surface area (TPSA) is 42.4 Å². The summed E-state index contributed by atoms with van der Waals surface area (Å²) in [7, 11) is 0. The normalized spacial score (nSPS) is 21.1. The van der Waals surface area contributed by atoms with Gasteiger partial charge in [0.2, 0.25) is 0 Å². The molecule has 1 amide bonds. The van der Waals surface area contributed by atoms with Crippen LogP contribution in [0, 0.1) is 0 Å². The molecule has 1 atom stereocenters. The Morgan fingerprint density at radius 3 is 2.93 bits per heavy atom. The summed E-state index contributed by atoms with van der Waals surface area (Å²) in [5.41, 5.74) is 0. The first-order chi connectivity index (χ1) is 6.66. The van der Waals surface area contributed by atoms with E-state index in [1.165, 1.54) is 4.90 Å². The number of carbonyl (C=O) groups is 1. The Labute approximate surface area is 90.0 Å². The van der Waals surface area contributed by atoms with Crippen LogP contribution in [0.2, 0.25) is 0 Å². The van der Waals surface area contributed by atoms with E-state index in [0.717, 1.165) is 4.47 Å². The largest absolute Gasteiger partial charge is 0.444 e. The highest BCUT2D eigenvalue weighted by atomic mass is 79.9. The van der Waals surface area contributed by atoms with Crippen molar-refractivity contribution < 1.29 is 9.53 Å². The van der Waals surface area contributed by atoms with Crippen molar-refractivity contribution in [2.75, 3.05) is 11.4 Å². The Balaban J connectivity index is 2.23. The molecule has 14 heavy (non-hydrogen) atoms. The molecule has 0 bridgehead atoms. The monoisotopic (exact) mass is 256 g/mol. The van der Waals surface area contributed by atoms with Gasteiger partial charge in [0.15, 0.2) is 0 Å². The van der Waals surface area contributed by atoms with Crippen molar-refractivity contribution in [2.45, 2.75) is 13.0 Å². The third kappa shape index (κ3) is 1.72. The minimum absolute atomic E-state index is 0.0621. The predicted octanol–water partition coefficient (Wildman–Crippen LogP) is 2.19. The number of pyridine rings is 1. The van der Waals surface area contributed by atoms with Gasteiger partial charge in [-0.3, -0.25) is 4.90 Å². The van der Waals surface area contributed by atoms with E-state index in [1.54, 1.807) is 12.3 Å². The van der Waals surface area contributed by atoms with Gasteiger partial charge in [-0.15, -0.1) is 0 Å². The number of hydrogen-bond donors (Lipinski definition) is 0. The van der Waals surface area contributed by atoms with Crippen LogP contribution in [0.3, 0.4) is 0 Å². The minimum Gasteiger partial charge on any atom is -0.444 e. The molecule has 74 valence electrons. The summed E-state index contributed by atoms with van der Waals surface area (Å²) in [6.45, 7) is 2.42. The zero-order valence-corrected chi connectivity index (χ0v) is 9.19. The maximum atomic E-state index is 11.3. The molecule has 1 aromatic rings. The predicted molar refractivity (Wildman–Crippen MR) is 55.2 cm³/mol. The zero-order chi connectivity index (χ0) is 10.1. The first-order valence-corrected chi connectivity index (χ1v) is 5.06. The highest BCUT2D eigenvalue weighted by molar-refractivity contribution is 9.10. The lowest BCUT2D eigenvalue weighted by Gasteiger charge is -2.10. The lowest BCUT2D eigenvalue weighted by molar-refractivity contribution is 0.150. The summed E-state index contributed by atoms with van der Waals surface area (Å²) >= 11 is 3.28. The van der Waals surface area contributed by atoms with Gasteiger partial charge >= 0.3 is 6.09 Å². The maximum Gasteiger partial charge on any atom is 0.415 e. The number of carbonyl (C=O) groups excluding carboxylic acids is 1. The van der Waals surface area contributed by atoms with Gasteiger partial charge in [-0.25, -0.2) is 9.78 Å². The van der Waals surface area contributed by atoms with Crippen LogP contribution in [0.1, 0.15) is 6.92 Å². The average Bonchev–Trinajstić information content (AvgIpc) is 2.47. The third-order valence-corrected chi connectivity index (χ3v) is 2.42. The van der Waals surface area contributed by atoms with Gasteiger partial charge in [-0.1, -0.05) is 0 Å². The Morgan fingerprint density at radius 2 is 2.43 bits per heavy atom. The lowest BCUT2D eigenvalue weighted by atomic mass is 10.4. The number of hydrogen-bond acceptors (Lipinski definition) is 3. The molecular weight excluding hydrogens is 248 g/mol. The number of anilines is 1. The molecule has 1 unspecified atom stereocenters. The number of halogens is 1. The molecule has 0 spiro atoms. The summed E-state index contributed by atoms with van der Waals surface area (Å²) in [5, 5.41) is 0. The first kappa shape index (κ1) is 9.45. The average molecular weight is 257 g/mol. The molecule has 0 N–H and O–H groups in total. The Kier molecular flexibility index (Phi) is 2.41. The zero-order valence-electron chi connectivity index (χ0n) is 7.61. The van der Waals surface area contributed by atoms with Crippen LogP contribution < -0.4 is 4.90 Å². The van der Waals surface area contributed by atoms with Crippen LogP contribution in [0.5, 0.6) is 0 Å². The second kappa shape index (κ2) is 3.57. The van der Waals surface area contributed by atoms with Crippen LogP contribution in [-0.2, 0) is 4.74 Å². The van der Waals surface area contributed by atoms with Crippen molar-refractivity contribution in [3.8, 4) is 0 Å². The highest BCUT2D eigenvalue weighted by Gasteiger charge is 2.29. The molecule has 1 aliphatic rings. The summed E-state index contributed by atoms with van der Waals surface area (Å²) in [4.78, 5) is 17.0. The third-order valence-electron chi connectivity index (χ3n) is 1.95. The standard InChI is InChI=1S/C9H9BrN2O2/c1-6-5-12(9(13)14-6)8-3-2-7(10)4-11-8/h2-4,6H,5H2,1H3. The van der Waals surface area contributed by atoms with E-state index in [1.807, 2.05) is 13.0 Å². The van der Waals surface area contributed by atoms with Gasteiger partial charge in [0, 0.05) is 10.7 Å². The van der Waals surface area contributed by atoms with Crippen molar-refractivity contribution in [1.29, 1.82) is 0 Å². The van der Waals surface area contributed by atoms with Crippen molar-refractivity contribution in [2.24, 2.45) is 0 Å². The van der Waals surface area contributed by atoms with Crippen LogP contribution in [0.25, 0.3) is 0 Å². The number of amides is 1. The molecule has 1 saturated heterocycles. The molecule has 1 fully saturated rings. The Bertz CT molecular complexity index is 352. The Hall–Kier alpha value is -1.10. The van der Waals surface area contributed by atoms with Crippen molar-refractivity contribution in [3.05, 3.63) is 22.8 Å². The van der Waals surface area contributed by atoms with Crippen LogP contribution in [0.15, 0.2) is 22.8 Å². The van der Waals surface area contributed by atoms with E-state index >= 15 is 0 Å². The van der Waals surface area contributed by atoms with Gasteiger partial charge in [0.1, 0.15) is 11.9 Å². The SMILES string of the molecule is CC1CN(c2ccc(Br)cn2)C(=O)O1. The molecule has 5 heteroatoms. The molecule has 2 rings (SSSR count). The fraction of sp³-hybridized carbons (Fsp3) is 0.333. The fourth-order valence-corrected chi connectivity index (χ4v) is 1.55. The first-order valence-electron chi connectivity index (χ1n) is 4.26. The van der Waals surface area contributed by atoms with E-state index in [2.05, 4.69) is 20.9 Å². The second-order valence-corrected chi connectivity index (χ2v) is 4.06. The van der Waals surface area contributed by atoms with Crippen LogP contribution in [-0.4, -0.2) is 23.7 Å².